The summed E-state index contributed by atoms with van der Waals surface area (Å²) in [4.78, 5) is 8.89. The van der Waals surface area contributed by atoms with Crippen LogP contribution in [0.5, 0.6) is 17.4 Å². The monoisotopic (exact) mass is 400 g/mol. The first kappa shape index (κ1) is 22.3. The van der Waals surface area contributed by atoms with Gasteiger partial charge >= 0.3 is 0 Å². The molecule has 1 atom stereocenters. The lowest BCUT2D eigenvalue weighted by Gasteiger charge is -2.20. The Kier molecular flexibility index (Phi) is 9.08. The minimum absolute atomic E-state index is 0.0386. The van der Waals surface area contributed by atoms with Crippen LogP contribution in [-0.4, -0.2) is 37.8 Å². The predicted octanol–water partition coefficient (Wildman–Crippen LogP) is 3.70. The Hall–Kier alpha value is -2.96. The largest absolute Gasteiger partial charge is 0.490 e. The zero-order chi connectivity index (χ0) is 21.1. The molecule has 0 spiro atoms. The molecule has 2 N–H and O–H groups in total. The number of nitrogens with zero attached hydrogens (tertiary/aromatic N) is 2. The maximum absolute atomic E-state index is 5.74. The predicted molar refractivity (Wildman–Crippen MR) is 116 cm³/mol. The number of aromatic nitrogens is 1. The fourth-order valence-corrected chi connectivity index (χ4v) is 2.74. The number of aliphatic imine (C=N–C) groups is 1. The molecule has 0 aliphatic rings. The van der Waals surface area contributed by atoms with Gasteiger partial charge in [0.2, 0.25) is 5.88 Å². The SMILES string of the molecule is CCNC(=NCc1ccc(OC)nc1)NC(C)c1ccc(OCC)c(OCC)c1. The van der Waals surface area contributed by atoms with E-state index in [0.717, 1.165) is 35.1 Å². The normalized spacial score (nSPS) is 12.2. The van der Waals surface area contributed by atoms with Gasteiger partial charge in [-0.3, -0.25) is 0 Å². The minimum Gasteiger partial charge on any atom is -0.490 e. The van der Waals surface area contributed by atoms with E-state index in [-0.39, 0.29) is 6.04 Å². The molecule has 1 aromatic carbocycles. The second-order valence-electron chi connectivity index (χ2n) is 6.34. The van der Waals surface area contributed by atoms with Crippen LogP contribution in [0.15, 0.2) is 41.5 Å². The van der Waals surface area contributed by atoms with E-state index >= 15 is 0 Å². The number of ether oxygens (including phenoxy) is 3. The highest BCUT2D eigenvalue weighted by molar-refractivity contribution is 5.80. The zero-order valence-corrected chi connectivity index (χ0v) is 18.0. The smallest absolute Gasteiger partial charge is 0.212 e. The number of guanidine groups is 1. The maximum atomic E-state index is 5.74. The van der Waals surface area contributed by atoms with E-state index in [4.69, 9.17) is 14.2 Å². The Morgan fingerprint density at radius 1 is 1.07 bits per heavy atom. The number of benzene rings is 1. The van der Waals surface area contributed by atoms with Crippen LogP contribution in [0.3, 0.4) is 0 Å². The lowest BCUT2D eigenvalue weighted by Crippen LogP contribution is -2.38. The van der Waals surface area contributed by atoms with Crippen molar-refractivity contribution in [1.82, 2.24) is 15.6 Å². The molecule has 0 radical (unpaired) electrons. The van der Waals surface area contributed by atoms with Crippen LogP contribution in [0.4, 0.5) is 0 Å². The minimum atomic E-state index is 0.0386. The first-order chi connectivity index (χ1) is 14.1. The lowest BCUT2D eigenvalue weighted by molar-refractivity contribution is 0.287. The van der Waals surface area contributed by atoms with Crippen molar-refractivity contribution in [2.75, 3.05) is 26.9 Å². The molecule has 0 fully saturated rings. The van der Waals surface area contributed by atoms with Crippen LogP contribution < -0.4 is 24.8 Å². The second kappa shape index (κ2) is 11.8. The number of rotatable bonds is 10. The van der Waals surface area contributed by atoms with Gasteiger partial charge in [-0.15, -0.1) is 0 Å². The fraction of sp³-hybridized carbons (Fsp3) is 0.455. The van der Waals surface area contributed by atoms with Crippen molar-refractivity contribution in [2.45, 2.75) is 40.3 Å². The van der Waals surface area contributed by atoms with Crippen LogP contribution in [0.1, 0.15) is 44.9 Å². The number of hydrogen-bond acceptors (Lipinski definition) is 5. The molecular weight excluding hydrogens is 368 g/mol. The molecule has 7 nitrogen and oxygen atoms in total. The molecule has 7 heteroatoms. The third-order valence-corrected chi connectivity index (χ3v) is 4.19. The molecule has 0 amide bonds. The summed E-state index contributed by atoms with van der Waals surface area (Å²) in [5.41, 5.74) is 2.10. The lowest BCUT2D eigenvalue weighted by atomic mass is 10.1. The van der Waals surface area contributed by atoms with Gasteiger partial charge in [0.25, 0.3) is 0 Å². The van der Waals surface area contributed by atoms with Gasteiger partial charge in [-0.1, -0.05) is 12.1 Å². The Bertz CT molecular complexity index is 778. The Morgan fingerprint density at radius 3 is 2.45 bits per heavy atom. The van der Waals surface area contributed by atoms with Crippen molar-refractivity contribution >= 4 is 5.96 Å². The first-order valence-corrected chi connectivity index (χ1v) is 10.0. The van der Waals surface area contributed by atoms with Gasteiger partial charge in [0, 0.05) is 18.8 Å². The number of pyridine rings is 1. The molecule has 1 heterocycles. The van der Waals surface area contributed by atoms with Crippen LogP contribution in [0.25, 0.3) is 0 Å². The van der Waals surface area contributed by atoms with E-state index in [1.165, 1.54) is 0 Å². The Balaban J connectivity index is 2.11. The van der Waals surface area contributed by atoms with E-state index in [2.05, 4.69) is 27.5 Å². The van der Waals surface area contributed by atoms with Gasteiger partial charge in [0.15, 0.2) is 17.5 Å². The third-order valence-electron chi connectivity index (χ3n) is 4.19. The average molecular weight is 401 g/mol. The van der Waals surface area contributed by atoms with Gasteiger partial charge in [0.1, 0.15) is 0 Å². The summed E-state index contributed by atoms with van der Waals surface area (Å²) in [7, 11) is 1.60. The molecular formula is C22H32N4O3. The fourth-order valence-electron chi connectivity index (χ4n) is 2.74. The first-order valence-electron chi connectivity index (χ1n) is 10.0. The number of nitrogens with one attached hydrogen (secondary N) is 2. The van der Waals surface area contributed by atoms with Gasteiger partial charge in [-0.05, 0) is 51.0 Å². The highest BCUT2D eigenvalue weighted by atomic mass is 16.5. The third kappa shape index (κ3) is 6.85. The number of hydrogen-bond donors (Lipinski definition) is 2. The van der Waals surface area contributed by atoms with Crippen LogP contribution in [0.2, 0.25) is 0 Å². The molecule has 0 saturated heterocycles. The van der Waals surface area contributed by atoms with Crippen molar-refractivity contribution < 1.29 is 14.2 Å². The van der Waals surface area contributed by atoms with Crippen LogP contribution in [-0.2, 0) is 6.54 Å². The molecule has 0 aliphatic carbocycles. The Morgan fingerprint density at radius 2 is 1.83 bits per heavy atom. The van der Waals surface area contributed by atoms with Crippen molar-refractivity contribution in [3.8, 4) is 17.4 Å². The summed E-state index contributed by atoms with van der Waals surface area (Å²) in [6.45, 7) is 10.5. The number of methoxy groups -OCH3 is 1. The Labute approximate surface area is 173 Å². The standard InChI is InChI=1S/C22H32N4O3/c1-6-23-22(25-15-17-9-12-21(27-5)24-14-17)26-16(4)18-10-11-19(28-7-2)20(13-18)29-8-3/h9-14,16H,6-8,15H2,1-5H3,(H2,23,25,26). The van der Waals surface area contributed by atoms with Gasteiger partial charge in [-0.25, -0.2) is 9.98 Å². The summed E-state index contributed by atoms with van der Waals surface area (Å²) in [5.74, 6) is 2.85. The summed E-state index contributed by atoms with van der Waals surface area (Å²) in [5, 5.41) is 6.73. The van der Waals surface area contributed by atoms with Crippen molar-refractivity contribution in [3.63, 3.8) is 0 Å². The quantitative estimate of drug-likeness (QED) is 0.468. The van der Waals surface area contributed by atoms with Gasteiger partial charge < -0.3 is 24.8 Å². The van der Waals surface area contributed by atoms with Crippen molar-refractivity contribution in [1.29, 1.82) is 0 Å². The second-order valence-corrected chi connectivity index (χ2v) is 6.34. The average Bonchev–Trinajstić information content (AvgIpc) is 2.74. The summed E-state index contributed by atoms with van der Waals surface area (Å²) in [6, 6.07) is 9.85. The van der Waals surface area contributed by atoms with Crippen LogP contribution in [0, 0.1) is 0 Å². The molecule has 0 aliphatic heterocycles. The summed E-state index contributed by atoms with van der Waals surface area (Å²) < 4.78 is 16.5. The molecule has 2 aromatic rings. The van der Waals surface area contributed by atoms with Crippen LogP contribution >= 0.6 is 0 Å². The van der Waals surface area contributed by atoms with E-state index in [9.17, 15) is 0 Å². The van der Waals surface area contributed by atoms with E-state index in [1.54, 1.807) is 13.3 Å². The van der Waals surface area contributed by atoms with E-state index in [0.29, 0.717) is 25.6 Å². The zero-order valence-electron chi connectivity index (χ0n) is 18.0. The molecule has 0 bridgehead atoms. The van der Waals surface area contributed by atoms with E-state index in [1.807, 2.05) is 51.1 Å². The highest BCUT2D eigenvalue weighted by Gasteiger charge is 2.12. The van der Waals surface area contributed by atoms with Crippen molar-refractivity contribution in [2.24, 2.45) is 4.99 Å². The van der Waals surface area contributed by atoms with Gasteiger partial charge in [-0.2, -0.15) is 0 Å². The topological polar surface area (TPSA) is 77.0 Å². The molecule has 0 saturated carbocycles. The summed E-state index contributed by atoms with van der Waals surface area (Å²) in [6.07, 6.45) is 1.77. The molecule has 29 heavy (non-hydrogen) atoms. The van der Waals surface area contributed by atoms with Gasteiger partial charge in [0.05, 0.1) is 32.9 Å². The maximum Gasteiger partial charge on any atom is 0.212 e. The van der Waals surface area contributed by atoms with E-state index < -0.39 is 0 Å². The summed E-state index contributed by atoms with van der Waals surface area (Å²) >= 11 is 0. The highest BCUT2D eigenvalue weighted by Crippen LogP contribution is 2.30. The molecule has 1 aromatic heterocycles. The molecule has 158 valence electrons. The molecule has 1 unspecified atom stereocenters. The van der Waals surface area contributed by atoms with Crippen molar-refractivity contribution in [3.05, 3.63) is 47.7 Å². The molecule has 2 rings (SSSR count).